The van der Waals surface area contributed by atoms with E-state index in [1.54, 1.807) is 24.5 Å². The molecule has 0 radical (unpaired) electrons. The van der Waals surface area contributed by atoms with Crippen molar-refractivity contribution < 1.29 is 22.4 Å². The predicted octanol–water partition coefficient (Wildman–Crippen LogP) is 1.23. The second kappa shape index (κ2) is 7.16. The van der Waals surface area contributed by atoms with Crippen LogP contribution in [0.15, 0.2) is 52.2 Å². The number of sulfonamides is 1. The molecule has 1 aromatic carbocycles. The van der Waals surface area contributed by atoms with Crippen LogP contribution in [0.1, 0.15) is 15.9 Å². The number of hydrogen-bond donors (Lipinski definition) is 1. The van der Waals surface area contributed by atoms with E-state index in [2.05, 4.69) is 5.32 Å². The number of morpholine rings is 1. The van der Waals surface area contributed by atoms with E-state index in [0.29, 0.717) is 38.4 Å². The summed E-state index contributed by atoms with van der Waals surface area (Å²) in [5.74, 6) is -0.338. The van der Waals surface area contributed by atoms with Gasteiger partial charge in [0.05, 0.1) is 30.6 Å². The summed E-state index contributed by atoms with van der Waals surface area (Å²) in [6, 6.07) is 7.80. The van der Waals surface area contributed by atoms with Crippen LogP contribution in [-0.2, 0) is 21.3 Å². The van der Waals surface area contributed by atoms with Crippen molar-refractivity contribution in [3.63, 3.8) is 0 Å². The van der Waals surface area contributed by atoms with E-state index in [1.807, 2.05) is 0 Å². The van der Waals surface area contributed by atoms with Crippen molar-refractivity contribution in [1.29, 1.82) is 0 Å². The molecule has 0 bridgehead atoms. The Bertz CT molecular complexity index is 796. The Morgan fingerprint density at radius 2 is 2.00 bits per heavy atom. The summed E-state index contributed by atoms with van der Waals surface area (Å²) in [5, 5.41) is 2.73. The van der Waals surface area contributed by atoms with E-state index >= 15 is 0 Å². The Labute approximate surface area is 140 Å². The Kier molecular flexibility index (Phi) is 4.98. The molecule has 0 aliphatic carbocycles. The molecule has 0 saturated carbocycles. The highest BCUT2D eigenvalue weighted by Gasteiger charge is 2.26. The molecule has 0 unspecified atom stereocenters. The maximum absolute atomic E-state index is 12.6. The molecular formula is C16H18N2O5S. The maximum atomic E-state index is 12.6. The fourth-order valence-electron chi connectivity index (χ4n) is 2.41. The third kappa shape index (κ3) is 3.66. The zero-order valence-corrected chi connectivity index (χ0v) is 13.8. The normalized spacial score (nSPS) is 16.0. The molecule has 3 rings (SSSR count). The third-order valence-electron chi connectivity index (χ3n) is 3.74. The van der Waals surface area contributed by atoms with E-state index in [4.69, 9.17) is 9.15 Å². The van der Waals surface area contributed by atoms with Gasteiger partial charge in [0.1, 0.15) is 0 Å². The lowest BCUT2D eigenvalue weighted by Crippen LogP contribution is -2.40. The molecule has 0 spiro atoms. The van der Waals surface area contributed by atoms with Gasteiger partial charge in [0.25, 0.3) is 5.91 Å². The molecule has 1 amide bonds. The molecule has 24 heavy (non-hydrogen) atoms. The van der Waals surface area contributed by atoms with E-state index in [0.717, 1.165) is 5.56 Å². The molecule has 8 heteroatoms. The molecule has 1 saturated heterocycles. The second-order valence-electron chi connectivity index (χ2n) is 5.36. The summed E-state index contributed by atoms with van der Waals surface area (Å²) in [7, 11) is -3.62. The van der Waals surface area contributed by atoms with Crippen molar-refractivity contribution in [3.8, 4) is 0 Å². The van der Waals surface area contributed by atoms with Crippen LogP contribution in [0, 0.1) is 0 Å². The van der Waals surface area contributed by atoms with Crippen molar-refractivity contribution in [2.75, 3.05) is 26.3 Å². The number of amides is 1. The van der Waals surface area contributed by atoms with Crippen molar-refractivity contribution in [1.82, 2.24) is 9.62 Å². The molecule has 7 nitrogen and oxygen atoms in total. The largest absolute Gasteiger partial charge is 0.472 e. The minimum atomic E-state index is -3.62. The van der Waals surface area contributed by atoms with Crippen LogP contribution in [0.3, 0.4) is 0 Å². The van der Waals surface area contributed by atoms with E-state index < -0.39 is 10.0 Å². The van der Waals surface area contributed by atoms with Gasteiger partial charge in [0.15, 0.2) is 0 Å². The number of carbonyl (C=O) groups is 1. The summed E-state index contributed by atoms with van der Waals surface area (Å²) in [6.07, 6.45) is 3.07. The SMILES string of the molecule is O=C(NCc1ccoc1)c1cccc(S(=O)(=O)N2CCOCC2)c1. The number of furan rings is 1. The van der Waals surface area contributed by atoms with Gasteiger partial charge in [-0.3, -0.25) is 4.79 Å². The van der Waals surface area contributed by atoms with E-state index in [9.17, 15) is 13.2 Å². The minimum absolute atomic E-state index is 0.111. The van der Waals surface area contributed by atoms with Gasteiger partial charge in [-0.05, 0) is 24.3 Å². The summed E-state index contributed by atoms with van der Waals surface area (Å²) in [5.41, 5.74) is 1.13. The van der Waals surface area contributed by atoms with Crippen LogP contribution in [-0.4, -0.2) is 44.9 Å². The Balaban J connectivity index is 1.74. The molecular weight excluding hydrogens is 332 g/mol. The van der Waals surface area contributed by atoms with Gasteiger partial charge in [0.2, 0.25) is 10.0 Å². The first-order chi connectivity index (χ1) is 11.6. The first-order valence-corrected chi connectivity index (χ1v) is 8.98. The number of ether oxygens (including phenoxy) is 1. The quantitative estimate of drug-likeness (QED) is 0.876. The van der Waals surface area contributed by atoms with Gasteiger partial charge in [-0.25, -0.2) is 8.42 Å². The summed E-state index contributed by atoms with van der Waals surface area (Å²) in [6.45, 7) is 1.71. The van der Waals surface area contributed by atoms with Crippen LogP contribution in [0.5, 0.6) is 0 Å². The Morgan fingerprint density at radius 1 is 1.21 bits per heavy atom. The number of carbonyl (C=O) groups excluding carboxylic acids is 1. The number of hydrogen-bond acceptors (Lipinski definition) is 5. The van der Waals surface area contributed by atoms with Crippen LogP contribution >= 0.6 is 0 Å². The van der Waals surface area contributed by atoms with Gasteiger partial charge in [-0.1, -0.05) is 6.07 Å². The number of rotatable bonds is 5. The lowest BCUT2D eigenvalue weighted by atomic mass is 10.2. The lowest BCUT2D eigenvalue weighted by Gasteiger charge is -2.26. The maximum Gasteiger partial charge on any atom is 0.251 e. The van der Waals surface area contributed by atoms with Gasteiger partial charge in [-0.2, -0.15) is 4.31 Å². The number of benzene rings is 1. The fourth-order valence-corrected chi connectivity index (χ4v) is 3.87. The van der Waals surface area contributed by atoms with E-state index in [-0.39, 0.29) is 10.8 Å². The minimum Gasteiger partial charge on any atom is -0.472 e. The van der Waals surface area contributed by atoms with Crippen LogP contribution in [0.4, 0.5) is 0 Å². The topological polar surface area (TPSA) is 88.8 Å². The lowest BCUT2D eigenvalue weighted by molar-refractivity contribution is 0.0730. The molecule has 1 fully saturated rings. The van der Waals surface area contributed by atoms with Crippen LogP contribution in [0.25, 0.3) is 0 Å². The Morgan fingerprint density at radius 3 is 2.71 bits per heavy atom. The third-order valence-corrected chi connectivity index (χ3v) is 5.63. The van der Waals surface area contributed by atoms with Gasteiger partial charge < -0.3 is 14.5 Å². The van der Waals surface area contributed by atoms with Crippen molar-refractivity contribution in [2.24, 2.45) is 0 Å². The molecule has 1 aliphatic heterocycles. The van der Waals surface area contributed by atoms with Crippen molar-refractivity contribution in [3.05, 3.63) is 54.0 Å². The van der Waals surface area contributed by atoms with Gasteiger partial charge >= 0.3 is 0 Å². The molecule has 2 heterocycles. The first kappa shape index (κ1) is 16.7. The highest BCUT2D eigenvalue weighted by Crippen LogP contribution is 2.18. The summed E-state index contributed by atoms with van der Waals surface area (Å²) in [4.78, 5) is 12.3. The zero-order valence-electron chi connectivity index (χ0n) is 13.0. The molecule has 2 aromatic rings. The molecule has 0 atom stereocenters. The summed E-state index contributed by atoms with van der Waals surface area (Å²) >= 11 is 0. The van der Waals surface area contributed by atoms with Crippen LogP contribution < -0.4 is 5.32 Å². The monoisotopic (exact) mass is 350 g/mol. The number of nitrogens with one attached hydrogen (secondary N) is 1. The van der Waals surface area contributed by atoms with E-state index in [1.165, 1.54) is 22.7 Å². The average Bonchev–Trinajstić information content (AvgIpc) is 3.14. The zero-order chi connectivity index (χ0) is 17.0. The predicted molar refractivity (Wildman–Crippen MR) is 85.9 cm³/mol. The molecule has 1 N–H and O–H groups in total. The average molecular weight is 350 g/mol. The highest BCUT2D eigenvalue weighted by molar-refractivity contribution is 7.89. The molecule has 1 aromatic heterocycles. The van der Waals surface area contributed by atoms with Gasteiger partial charge in [-0.15, -0.1) is 0 Å². The number of nitrogens with zero attached hydrogens (tertiary/aromatic N) is 1. The summed E-state index contributed by atoms with van der Waals surface area (Å²) < 4.78 is 36.8. The second-order valence-corrected chi connectivity index (χ2v) is 7.30. The van der Waals surface area contributed by atoms with Crippen molar-refractivity contribution >= 4 is 15.9 Å². The molecule has 1 aliphatic rings. The highest BCUT2D eigenvalue weighted by atomic mass is 32.2. The standard InChI is InChI=1S/C16H18N2O5S/c19-16(17-11-13-4-7-23-12-13)14-2-1-3-15(10-14)24(20,21)18-5-8-22-9-6-18/h1-4,7,10,12H,5-6,8-9,11H2,(H,17,19). The van der Waals surface area contributed by atoms with Crippen molar-refractivity contribution in [2.45, 2.75) is 11.4 Å². The first-order valence-electron chi connectivity index (χ1n) is 7.54. The smallest absolute Gasteiger partial charge is 0.251 e. The molecule has 128 valence electrons. The fraction of sp³-hybridized carbons (Fsp3) is 0.312. The van der Waals surface area contributed by atoms with Crippen LogP contribution in [0.2, 0.25) is 0 Å². The van der Waals surface area contributed by atoms with Gasteiger partial charge in [0, 0.05) is 30.8 Å². The Hall–Kier alpha value is -2.16.